The van der Waals surface area contributed by atoms with Gasteiger partial charge in [-0.2, -0.15) is 5.10 Å². The fourth-order valence-electron chi connectivity index (χ4n) is 2.05. The van der Waals surface area contributed by atoms with Crippen LogP contribution in [-0.4, -0.2) is 42.0 Å². The molecule has 0 aliphatic carbocycles. The van der Waals surface area contributed by atoms with Crippen molar-refractivity contribution < 1.29 is 14.3 Å². The lowest BCUT2D eigenvalue weighted by Crippen LogP contribution is -2.22. The van der Waals surface area contributed by atoms with Crippen LogP contribution in [0.25, 0.3) is 11.0 Å². The molecule has 0 aromatic carbocycles. The first-order valence-corrected chi connectivity index (χ1v) is 12.4. The monoisotopic (exact) mass is 447 g/mol. The van der Waals surface area contributed by atoms with E-state index in [1.807, 2.05) is 0 Å². The summed E-state index contributed by atoms with van der Waals surface area (Å²) >= 11 is 2.11. The number of nitrogens with zero attached hydrogens (tertiary/aromatic N) is 3. The zero-order valence-electron chi connectivity index (χ0n) is 13.9. The lowest BCUT2D eigenvalue weighted by molar-refractivity contribution is 0.0528. The Labute approximate surface area is 150 Å². The Morgan fingerprint density at radius 1 is 1.39 bits per heavy atom. The van der Waals surface area contributed by atoms with Gasteiger partial charge in [0.15, 0.2) is 5.65 Å². The molecule has 0 aliphatic rings. The lowest BCUT2D eigenvalue weighted by Gasteiger charge is -2.15. The van der Waals surface area contributed by atoms with E-state index < -0.39 is 8.07 Å². The van der Waals surface area contributed by atoms with E-state index in [9.17, 15) is 4.79 Å². The van der Waals surface area contributed by atoms with E-state index in [1.54, 1.807) is 23.9 Å². The van der Waals surface area contributed by atoms with Crippen LogP contribution >= 0.6 is 22.6 Å². The molecule has 0 spiro atoms. The number of ether oxygens (including phenoxy) is 2. The largest absolute Gasteiger partial charge is 0.462 e. The summed E-state index contributed by atoms with van der Waals surface area (Å²) in [7, 11) is -1.11. The minimum atomic E-state index is -1.11. The molecule has 126 valence electrons. The molecule has 0 bridgehead atoms. The molecule has 2 rings (SSSR count). The van der Waals surface area contributed by atoms with Gasteiger partial charge in [-0.25, -0.2) is 14.5 Å². The van der Waals surface area contributed by atoms with Crippen LogP contribution in [0.4, 0.5) is 0 Å². The first-order valence-electron chi connectivity index (χ1n) is 7.59. The van der Waals surface area contributed by atoms with Crippen LogP contribution in [0.2, 0.25) is 25.7 Å². The molecular weight excluding hydrogens is 425 g/mol. The summed E-state index contributed by atoms with van der Waals surface area (Å²) in [5, 5.41) is 5.17. The van der Waals surface area contributed by atoms with E-state index in [1.165, 1.54) is 0 Å². The Morgan fingerprint density at radius 3 is 2.78 bits per heavy atom. The van der Waals surface area contributed by atoms with Crippen LogP contribution in [0.15, 0.2) is 12.3 Å². The summed E-state index contributed by atoms with van der Waals surface area (Å²) in [5.74, 6) is -0.350. The summed E-state index contributed by atoms with van der Waals surface area (Å²) in [6.07, 6.45) is 1.60. The average Bonchev–Trinajstić information content (AvgIpc) is 2.80. The minimum absolute atomic E-state index is 0.337. The van der Waals surface area contributed by atoms with Crippen molar-refractivity contribution >= 4 is 47.7 Å². The summed E-state index contributed by atoms with van der Waals surface area (Å²) in [5.41, 5.74) is 1.14. The van der Waals surface area contributed by atoms with Crippen LogP contribution in [0.5, 0.6) is 0 Å². The Balaban J connectivity index is 2.20. The van der Waals surface area contributed by atoms with Gasteiger partial charge in [0, 0.05) is 20.9 Å². The maximum Gasteiger partial charge on any atom is 0.339 e. The molecule has 2 aromatic rings. The van der Waals surface area contributed by atoms with Gasteiger partial charge in [0.05, 0.1) is 17.6 Å². The topological polar surface area (TPSA) is 66.2 Å². The zero-order chi connectivity index (χ0) is 17.0. The predicted molar refractivity (Wildman–Crippen MR) is 100 cm³/mol. The van der Waals surface area contributed by atoms with Crippen molar-refractivity contribution in [1.82, 2.24) is 14.8 Å². The van der Waals surface area contributed by atoms with Crippen LogP contribution in [0.1, 0.15) is 17.3 Å². The molecule has 0 saturated heterocycles. The van der Waals surface area contributed by atoms with Crippen molar-refractivity contribution in [2.45, 2.75) is 39.3 Å². The van der Waals surface area contributed by atoms with Gasteiger partial charge >= 0.3 is 5.97 Å². The second-order valence-electron chi connectivity index (χ2n) is 6.42. The van der Waals surface area contributed by atoms with Crippen molar-refractivity contribution in [3.05, 3.63) is 21.5 Å². The molecule has 0 N–H and O–H groups in total. The maximum atomic E-state index is 12.1. The van der Waals surface area contributed by atoms with Gasteiger partial charge in [0.1, 0.15) is 10.4 Å². The fraction of sp³-hybridized carbons (Fsp3) is 0.533. The molecule has 2 heterocycles. The van der Waals surface area contributed by atoms with E-state index in [0.29, 0.717) is 31.2 Å². The number of carbonyl (C=O) groups excluding carboxylic acids is 1. The normalized spacial score (nSPS) is 11.9. The molecule has 0 saturated carbocycles. The van der Waals surface area contributed by atoms with Gasteiger partial charge < -0.3 is 9.47 Å². The molecule has 6 nitrogen and oxygen atoms in total. The van der Waals surface area contributed by atoms with Crippen LogP contribution in [0, 0.1) is 3.70 Å². The fourth-order valence-corrected chi connectivity index (χ4v) is 3.60. The van der Waals surface area contributed by atoms with Crippen molar-refractivity contribution in [1.29, 1.82) is 0 Å². The molecule has 2 aromatic heterocycles. The second-order valence-corrected chi connectivity index (χ2v) is 13.1. The number of carbonyl (C=O) groups is 1. The lowest BCUT2D eigenvalue weighted by atomic mass is 10.2. The van der Waals surface area contributed by atoms with Crippen molar-refractivity contribution in [3.63, 3.8) is 0 Å². The van der Waals surface area contributed by atoms with E-state index in [2.05, 4.69) is 52.3 Å². The summed E-state index contributed by atoms with van der Waals surface area (Å²) in [6, 6.07) is 2.77. The minimum Gasteiger partial charge on any atom is -0.462 e. The maximum absolute atomic E-state index is 12.1. The third-order valence-electron chi connectivity index (χ3n) is 3.30. The third-order valence-corrected chi connectivity index (χ3v) is 5.75. The van der Waals surface area contributed by atoms with E-state index in [0.717, 1.165) is 15.1 Å². The Bertz CT molecular complexity index is 697. The van der Waals surface area contributed by atoms with Gasteiger partial charge in [-0.15, -0.1) is 0 Å². The van der Waals surface area contributed by atoms with Crippen LogP contribution < -0.4 is 0 Å². The number of rotatable bonds is 7. The standard InChI is InChI=1S/C15H22IN3O3Si/c1-5-22-15(20)11-6-7-17-14-12(11)13(16)18-19(14)10-21-8-9-23(2,3)4/h6-7H,5,8-10H2,1-4H3. The Hall–Kier alpha value is -1.00. The van der Waals surface area contributed by atoms with Gasteiger partial charge in [-0.1, -0.05) is 19.6 Å². The predicted octanol–water partition coefficient (Wildman–Crippen LogP) is 3.52. The highest BCUT2D eigenvalue weighted by atomic mass is 127. The van der Waals surface area contributed by atoms with Gasteiger partial charge in [0.25, 0.3) is 0 Å². The number of esters is 1. The Kier molecular flexibility index (Phi) is 6.15. The SMILES string of the molecule is CCOC(=O)c1ccnc2c1c(I)nn2COCC[Si](C)(C)C. The smallest absolute Gasteiger partial charge is 0.339 e. The first-order chi connectivity index (χ1) is 10.8. The van der Waals surface area contributed by atoms with E-state index >= 15 is 0 Å². The highest BCUT2D eigenvalue weighted by molar-refractivity contribution is 14.1. The summed E-state index contributed by atoms with van der Waals surface area (Å²) < 4.78 is 13.3. The number of fused-ring (bicyclic) bond motifs is 1. The molecule has 0 fully saturated rings. The van der Waals surface area contributed by atoms with Crippen molar-refractivity contribution in [2.24, 2.45) is 0 Å². The van der Waals surface area contributed by atoms with Crippen LogP contribution in [0.3, 0.4) is 0 Å². The molecule has 8 heteroatoms. The Morgan fingerprint density at radius 2 is 2.13 bits per heavy atom. The molecule has 0 aliphatic heterocycles. The average molecular weight is 447 g/mol. The number of hydrogen-bond donors (Lipinski definition) is 0. The first kappa shape index (κ1) is 18.3. The second kappa shape index (κ2) is 7.71. The molecule has 0 atom stereocenters. The molecule has 23 heavy (non-hydrogen) atoms. The van der Waals surface area contributed by atoms with Gasteiger partial charge in [-0.05, 0) is 41.6 Å². The summed E-state index contributed by atoms with van der Waals surface area (Å²) in [6.45, 7) is 10.1. The van der Waals surface area contributed by atoms with Gasteiger partial charge in [-0.3, -0.25) is 0 Å². The molecule has 0 unspecified atom stereocenters. The molecular formula is C15H22IN3O3Si. The number of aromatic nitrogens is 3. The summed E-state index contributed by atoms with van der Waals surface area (Å²) in [4.78, 5) is 16.4. The van der Waals surface area contributed by atoms with E-state index in [4.69, 9.17) is 9.47 Å². The highest BCUT2D eigenvalue weighted by Crippen LogP contribution is 2.23. The van der Waals surface area contributed by atoms with Crippen molar-refractivity contribution in [2.75, 3.05) is 13.2 Å². The third kappa shape index (κ3) is 4.74. The van der Waals surface area contributed by atoms with Crippen LogP contribution in [-0.2, 0) is 16.2 Å². The molecule has 0 amide bonds. The van der Waals surface area contributed by atoms with Crippen molar-refractivity contribution in [3.8, 4) is 0 Å². The quantitative estimate of drug-likeness (QED) is 0.281. The van der Waals surface area contributed by atoms with E-state index in [-0.39, 0.29) is 5.97 Å². The zero-order valence-corrected chi connectivity index (χ0v) is 17.1. The molecule has 0 radical (unpaired) electrons. The number of pyridine rings is 1. The highest BCUT2D eigenvalue weighted by Gasteiger charge is 2.19. The van der Waals surface area contributed by atoms with Gasteiger partial charge in [0.2, 0.25) is 0 Å². The number of halogens is 1. The number of hydrogen-bond acceptors (Lipinski definition) is 5.